The van der Waals surface area contributed by atoms with Crippen LogP contribution in [0.4, 0.5) is 0 Å². The molecule has 2 fully saturated rings. The van der Waals surface area contributed by atoms with Gasteiger partial charge in [0.25, 0.3) is 0 Å². The molecule has 0 amide bonds. The van der Waals surface area contributed by atoms with Crippen LogP contribution in [-0.2, 0) is 24.5 Å². The average molecular weight is 373 g/mol. The molecule has 1 saturated carbocycles. The van der Waals surface area contributed by atoms with Crippen molar-refractivity contribution in [1.82, 2.24) is 0 Å². The van der Waals surface area contributed by atoms with Crippen LogP contribution in [0.2, 0.25) is 0 Å². The molecule has 0 radical (unpaired) electrons. The van der Waals surface area contributed by atoms with Crippen molar-refractivity contribution < 1.29 is 19.1 Å². The maximum Gasteiger partial charge on any atom is 0.350 e. The highest BCUT2D eigenvalue weighted by Gasteiger charge is 2.52. The highest BCUT2D eigenvalue weighted by molar-refractivity contribution is 5.87. The molecule has 4 nitrogen and oxygen atoms in total. The highest BCUT2D eigenvalue weighted by Crippen LogP contribution is 2.44. The minimum Gasteiger partial charge on any atom is -0.459 e. The molecule has 2 aliphatic rings. The molecule has 3 unspecified atom stereocenters. The summed E-state index contributed by atoms with van der Waals surface area (Å²) in [6.45, 7) is 10.3. The summed E-state index contributed by atoms with van der Waals surface area (Å²) in [5, 5.41) is 0. The van der Waals surface area contributed by atoms with E-state index in [1.165, 1.54) is 5.56 Å². The summed E-state index contributed by atoms with van der Waals surface area (Å²) in [6.07, 6.45) is 3.11. The molecule has 27 heavy (non-hydrogen) atoms. The Kier molecular flexibility index (Phi) is 5.38. The van der Waals surface area contributed by atoms with Gasteiger partial charge in [-0.2, -0.15) is 0 Å². The van der Waals surface area contributed by atoms with Crippen molar-refractivity contribution in [1.29, 1.82) is 0 Å². The molecule has 0 bridgehead atoms. The van der Waals surface area contributed by atoms with Gasteiger partial charge in [-0.05, 0) is 36.7 Å². The van der Waals surface area contributed by atoms with Gasteiger partial charge in [0, 0.05) is 11.8 Å². The lowest BCUT2D eigenvalue weighted by Crippen LogP contribution is -2.48. The van der Waals surface area contributed by atoms with Crippen LogP contribution in [0, 0.1) is 17.8 Å². The van der Waals surface area contributed by atoms with Crippen LogP contribution in [-0.4, -0.2) is 23.6 Å². The molecular weight excluding hydrogens is 340 g/mol. The molecule has 4 heteroatoms. The van der Waals surface area contributed by atoms with Gasteiger partial charge in [0.05, 0.1) is 6.42 Å². The molecule has 1 aromatic rings. The van der Waals surface area contributed by atoms with Gasteiger partial charge in [0.1, 0.15) is 6.10 Å². The molecule has 1 aliphatic carbocycles. The third kappa shape index (κ3) is 3.76. The quantitative estimate of drug-likeness (QED) is 0.722. The molecule has 0 spiro atoms. The first-order chi connectivity index (χ1) is 12.6. The molecule has 0 N–H and O–H groups in total. The van der Waals surface area contributed by atoms with Crippen molar-refractivity contribution in [3.8, 4) is 0 Å². The van der Waals surface area contributed by atoms with Crippen LogP contribution < -0.4 is 0 Å². The Morgan fingerprint density at radius 1 is 1.19 bits per heavy atom. The number of esters is 2. The molecule has 0 aromatic heterocycles. The summed E-state index contributed by atoms with van der Waals surface area (Å²) in [7, 11) is 0. The van der Waals surface area contributed by atoms with Gasteiger partial charge in [0.2, 0.25) is 5.60 Å². The lowest BCUT2D eigenvalue weighted by molar-refractivity contribution is -0.184. The van der Waals surface area contributed by atoms with E-state index < -0.39 is 11.6 Å². The van der Waals surface area contributed by atoms with E-state index in [1.54, 1.807) is 6.92 Å². The normalized spacial score (nSPS) is 34.2. The second-order valence-corrected chi connectivity index (χ2v) is 9.24. The van der Waals surface area contributed by atoms with Gasteiger partial charge >= 0.3 is 11.9 Å². The van der Waals surface area contributed by atoms with Gasteiger partial charge in [-0.15, -0.1) is 0 Å². The van der Waals surface area contributed by atoms with Crippen LogP contribution in [0.1, 0.15) is 65.9 Å². The standard InChI is InChI=1S/C23H32O4/c1-15-11-12-18(22(3,4)17-9-7-6-8-10-17)19(13-15)26-21(25)23(5)16(2)14-20(24)27-23/h6-10,15-16,18-19H,11-14H2,1-5H3/t15?,16-,18?,19?,23+/m1/s1. The Morgan fingerprint density at radius 2 is 1.85 bits per heavy atom. The first-order valence-electron chi connectivity index (χ1n) is 10.1. The van der Waals surface area contributed by atoms with E-state index in [1.807, 2.05) is 13.0 Å². The van der Waals surface area contributed by atoms with Crippen molar-refractivity contribution in [3.05, 3.63) is 35.9 Å². The van der Waals surface area contributed by atoms with E-state index in [0.717, 1.165) is 19.3 Å². The first kappa shape index (κ1) is 19.9. The van der Waals surface area contributed by atoms with Gasteiger partial charge in [0.15, 0.2) is 0 Å². The number of carbonyl (C=O) groups excluding carboxylic acids is 2. The van der Waals surface area contributed by atoms with Gasteiger partial charge in [-0.1, -0.05) is 64.4 Å². The summed E-state index contributed by atoms with van der Waals surface area (Å²) in [5.41, 5.74) is -0.0118. The number of hydrogen-bond acceptors (Lipinski definition) is 4. The monoisotopic (exact) mass is 372 g/mol. The molecular formula is C23H32O4. The van der Waals surface area contributed by atoms with Crippen LogP contribution in [0.5, 0.6) is 0 Å². The maximum atomic E-state index is 13.0. The van der Waals surface area contributed by atoms with Crippen molar-refractivity contribution >= 4 is 11.9 Å². The summed E-state index contributed by atoms with van der Waals surface area (Å²) in [6, 6.07) is 10.4. The van der Waals surface area contributed by atoms with Crippen LogP contribution in [0.3, 0.4) is 0 Å². The van der Waals surface area contributed by atoms with Crippen molar-refractivity contribution in [2.24, 2.45) is 17.8 Å². The van der Waals surface area contributed by atoms with E-state index in [-0.39, 0.29) is 35.7 Å². The SMILES string of the molecule is CC1CCC(C(C)(C)c2ccccc2)C(OC(=O)[C@@]2(C)OC(=O)C[C@H]2C)C1. The third-order valence-corrected chi connectivity index (χ3v) is 6.90. The number of rotatable bonds is 4. The second kappa shape index (κ2) is 7.29. The lowest BCUT2D eigenvalue weighted by atomic mass is 9.64. The summed E-state index contributed by atoms with van der Waals surface area (Å²) in [4.78, 5) is 24.7. The Hall–Kier alpha value is -1.84. The van der Waals surface area contributed by atoms with E-state index >= 15 is 0 Å². The Bertz CT molecular complexity index is 696. The first-order valence-corrected chi connectivity index (χ1v) is 10.1. The summed E-state index contributed by atoms with van der Waals surface area (Å²) in [5.74, 6) is -0.133. The van der Waals surface area contributed by atoms with Crippen LogP contribution in [0.25, 0.3) is 0 Å². The number of ether oxygens (including phenoxy) is 2. The highest BCUT2D eigenvalue weighted by atomic mass is 16.6. The zero-order chi connectivity index (χ0) is 19.8. The minimum absolute atomic E-state index is 0.106. The summed E-state index contributed by atoms with van der Waals surface area (Å²) >= 11 is 0. The smallest absolute Gasteiger partial charge is 0.350 e. The van der Waals surface area contributed by atoms with Crippen molar-refractivity contribution in [2.45, 2.75) is 77.4 Å². The zero-order valence-electron chi connectivity index (χ0n) is 17.2. The maximum absolute atomic E-state index is 13.0. The lowest BCUT2D eigenvalue weighted by Gasteiger charge is -2.44. The summed E-state index contributed by atoms with van der Waals surface area (Å²) < 4.78 is 11.5. The third-order valence-electron chi connectivity index (χ3n) is 6.90. The van der Waals surface area contributed by atoms with Gasteiger partial charge in [-0.25, -0.2) is 4.79 Å². The Labute approximate surface area is 162 Å². The Balaban J connectivity index is 1.83. The topological polar surface area (TPSA) is 52.6 Å². The fourth-order valence-electron chi connectivity index (χ4n) is 4.69. The van der Waals surface area contributed by atoms with Gasteiger partial charge < -0.3 is 9.47 Å². The van der Waals surface area contributed by atoms with Crippen LogP contribution >= 0.6 is 0 Å². The minimum atomic E-state index is -1.17. The van der Waals surface area contributed by atoms with E-state index in [4.69, 9.17) is 9.47 Å². The number of cyclic esters (lactones) is 1. The molecule has 148 valence electrons. The zero-order valence-corrected chi connectivity index (χ0v) is 17.2. The molecule has 1 aliphatic heterocycles. The molecule has 1 aromatic carbocycles. The predicted octanol–water partition coefficient (Wildman–Crippen LogP) is 4.65. The molecule has 1 heterocycles. The van der Waals surface area contributed by atoms with E-state index in [9.17, 15) is 9.59 Å². The Morgan fingerprint density at radius 3 is 2.44 bits per heavy atom. The molecule has 1 saturated heterocycles. The predicted molar refractivity (Wildman–Crippen MR) is 104 cm³/mol. The number of hydrogen-bond donors (Lipinski definition) is 0. The van der Waals surface area contributed by atoms with Crippen molar-refractivity contribution in [3.63, 3.8) is 0 Å². The number of benzene rings is 1. The van der Waals surface area contributed by atoms with Crippen LogP contribution in [0.15, 0.2) is 30.3 Å². The van der Waals surface area contributed by atoms with E-state index in [2.05, 4.69) is 45.0 Å². The largest absolute Gasteiger partial charge is 0.459 e. The average Bonchev–Trinajstić information content (AvgIpc) is 2.88. The number of carbonyl (C=O) groups is 2. The van der Waals surface area contributed by atoms with Gasteiger partial charge in [-0.3, -0.25) is 4.79 Å². The fourth-order valence-corrected chi connectivity index (χ4v) is 4.69. The fraction of sp³-hybridized carbons (Fsp3) is 0.652. The van der Waals surface area contributed by atoms with E-state index in [0.29, 0.717) is 5.92 Å². The second-order valence-electron chi connectivity index (χ2n) is 9.24. The molecule has 5 atom stereocenters. The van der Waals surface area contributed by atoms with Crippen molar-refractivity contribution in [2.75, 3.05) is 0 Å². The molecule has 3 rings (SSSR count).